The van der Waals surface area contributed by atoms with Crippen molar-refractivity contribution in [2.24, 2.45) is 5.16 Å². The van der Waals surface area contributed by atoms with Crippen molar-refractivity contribution in [3.63, 3.8) is 0 Å². The van der Waals surface area contributed by atoms with Crippen LogP contribution in [0.4, 0.5) is 5.13 Å². The summed E-state index contributed by atoms with van der Waals surface area (Å²) in [5.41, 5.74) is 5.80. The molecule has 2 atom stereocenters. The Balaban J connectivity index is 1.61. The number of carbonyl (C=O) groups excluding carboxylic acids is 2. The number of fused-ring (bicyclic) bond motifs is 1. The highest BCUT2D eigenvalue weighted by atomic mass is 32.2. The number of amides is 2. The summed E-state index contributed by atoms with van der Waals surface area (Å²) < 4.78 is 0. The third-order valence-electron chi connectivity index (χ3n) is 3.56. The fourth-order valence-electron chi connectivity index (χ4n) is 2.43. The number of hydrogen-bond donors (Lipinski definition) is 3. The third kappa shape index (κ3) is 3.28. The van der Waals surface area contributed by atoms with Crippen LogP contribution < -0.4 is 15.9 Å². The number of carbonyl (C=O) groups is 3. The van der Waals surface area contributed by atoms with Gasteiger partial charge in [0.05, 0.1) is 5.38 Å². The summed E-state index contributed by atoms with van der Waals surface area (Å²) in [7, 11) is 0. The van der Waals surface area contributed by atoms with Gasteiger partial charge in [0.2, 0.25) is 0 Å². The Morgan fingerprint density at radius 3 is 2.96 bits per heavy atom. The number of carboxylic acid groups (broad SMARTS) is 1. The number of β-lactam (4-membered cyclic amide) rings is 1. The van der Waals surface area contributed by atoms with E-state index in [0.29, 0.717) is 16.5 Å². The molecule has 2 amide bonds. The third-order valence-corrected chi connectivity index (χ3v) is 5.52. The fourth-order valence-corrected chi connectivity index (χ4v) is 4.23. The smallest absolute Gasteiger partial charge is 0.352 e. The molecule has 12 heteroatoms. The van der Waals surface area contributed by atoms with Crippen molar-refractivity contribution < 1.29 is 24.3 Å². The van der Waals surface area contributed by atoms with Gasteiger partial charge in [-0.05, 0) is 5.57 Å². The van der Waals surface area contributed by atoms with Crippen LogP contribution in [-0.4, -0.2) is 56.2 Å². The van der Waals surface area contributed by atoms with Crippen molar-refractivity contribution in [1.82, 2.24) is 15.2 Å². The Hall–Kier alpha value is -2.86. The predicted octanol–water partition coefficient (Wildman–Crippen LogP) is 0.0145. The molecule has 0 aromatic carbocycles. The summed E-state index contributed by atoms with van der Waals surface area (Å²) >= 11 is 2.50. The van der Waals surface area contributed by atoms with Gasteiger partial charge in [0, 0.05) is 5.75 Å². The van der Waals surface area contributed by atoms with Gasteiger partial charge in [-0.25, -0.2) is 4.79 Å². The average molecular weight is 395 g/mol. The highest BCUT2D eigenvalue weighted by Gasteiger charge is 2.53. The van der Waals surface area contributed by atoms with Crippen LogP contribution in [0.15, 0.2) is 34.5 Å². The predicted molar refractivity (Wildman–Crippen MR) is 95.5 cm³/mol. The molecule has 1 aromatic heterocycles. The molecule has 1 unspecified atom stereocenters. The van der Waals surface area contributed by atoms with E-state index in [1.807, 2.05) is 0 Å². The number of rotatable bonds is 6. The molecule has 1 saturated heterocycles. The van der Waals surface area contributed by atoms with Crippen molar-refractivity contribution in [2.45, 2.75) is 11.4 Å². The minimum absolute atomic E-state index is 0.0997. The highest BCUT2D eigenvalue weighted by molar-refractivity contribution is 8.00. The van der Waals surface area contributed by atoms with E-state index < -0.39 is 29.2 Å². The number of aromatic nitrogens is 1. The molecule has 2 aliphatic heterocycles. The molecular weight excluding hydrogens is 382 g/mol. The van der Waals surface area contributed by atoms with E-state index in [-0.39, 0.29) is 11.6 Å². The first-order valence-corrected chi connectivity index (χ1v) is 9.10. The molecule has 4 N–H and O–H groups in total. The number of carboxylic acids is 1. The summed E-state index contributed by atoms with van der Waals surface area (Å²) in [4.78, 5) is 45.4. The minimum Gasteiger partial charge on any atom is -0.477 e. The van der Waals surface area contributed by atoms with Crippen LogP contribution in [0.5, 0.6) is 5.88 Å². The van der Waals surface area contributed by atoms with E-state index in [2.05, 4.69) is 22.0 Å². The van der Waals surface area contributed by atoms with E-state index in [4.69, 9.17) is 10.6 Å². The maximum Gasteiger partial charge on any atom is 0.352 e. The summed E-state index contributed by atoms with van der Waals surface area (Å²) in [5, 5.41) is 16.6. The van der Waals surface area contributed by atoms with Crippen LogP contribution >= 0.6 is 23.1 Å². The maximum absolute atomic E-state index is 12.3. The van der Waals surface area contributed by atoms with E-state index in [1.54, 1.807) is 0 Å². The number of nitrogens with two attached hydrogens (primary N) is 1. The first-order valence-electron chi connectivity index (χ1n) is 7.17. The van der Waals surface area contributed by atoms with Crippen LogP contribution in [0, 0.1) is 0 Å². The Bertz CT molecular complexity index is 849. The van der Waals surface area contributed by atoms with E-state index in [9.17, 15) is 19.5 Å². The number of nitrogens with zero attached hydrogens (tertiary/aromatic N) is 3. The average Bonchev–Trinajstić information content (AvgIpc) is 3.03. The number of thioether (sulfide) groups is 1. The molecule has 1 fully saturated rings. The number of aliphatic carboxylic acids is 1. The van der Waals surface area contributed by atoms with Crippen molar-refractivity contribution >= 4 is 52.2 Å². The zero-order chi connectivity index (χ0) is 18.8. The lowest BCUT2D eigenvalue weighted by Gasteiger charge is -2.49. The van der Waals surface area contributed by atoms with Crippen molar-refractivity contribution in [2.75, 3.05) is 11.5 Å². The van der Waals surface area contributed by atoms with Crippen LogP contribution in [0.25, 0.3) is 0 Å². The van der Waals surface area contributed by atoms with Crippen LogP contribution in [0.1, 0.15) is 0 Å². The van der Waals surface area contributed by atoms with Gasteiger partial charge in [-0.2, -0.15) is 4.98 Å². The second-order valence-electron chi connectivity index (χ2n) is 5.13. The van der Waals surface area contributed by atoms with E-state index in [0.717, 1.165) is 22.5 Å². The van der Waals surface area contributed by atoms with Crippen LogP contribution in [-0.2, 0) is 14.4 Å². The lowest BCUT2D eigenvalue weighted by molar-refractivity contribution is -0.150. The topological polar surface area (TPSA) is 147 Å². The number of allylic oxidation sites excluding steroid dienone is 1. The molecule has 0 saturated carbocycles. The second-order valence-corrected chi connectivity index (χ2v) is 7.12. The minimum atomic E-state index is -1.21. The zero-order valence-electron chi connectivity index (χ0n) is 13.1. The Labute approximate surface area is 155 Å². The maximum atomic E-state index is 12.3. The molecule has 0 radical (unpaired) electrons. The summed E-state index contributed by atoms with van der Waals surface area (Å²) in [6.07, 6.45) is 2.28. The number of nitrogen functional groups attached to an aromatic ring is 1. The number of oxime groups is 1. The van der Waals surface area contributed by atoms with Gasteiger partial charge in [0.1, 0.15) is 23.3 Å². The summed E-state index contributed by atoms with van der Waals surface area (Å²) in [6, 6.07) is -0.838. The molecule has 136 valence electrons. The zero-order valence-corrected chi connectivity index (χ0v) is 14.7. The molecule has 10 nitrogen and oxygen atoms in total. The van der Waals surface area contributed by atoms with Gasteiger partial charge in [0.25, 0.3) is 17.7 Å². The molecule has 3 heterocycles. The monoisotopic (exact) mass is 395 g/mol. The van der Waals surface area contributed by atoms with E-state index in [1.165, 1.54) is 23.2 Å². The lowest BCUT2D eigenvalue weighted by Crippen LogP contribution is -2.70. The lowest BCUT2D eigenvalue weighted by atomic mass is 10.0. The van der Waals surface area contributed by atoms with Crippen molar-refractivity contribution in [3.8, 4) is 5.88 Å². The summed E-state index contributed by atoms with van der Waals surface area (Å²) in [6.45, 7) is 3.57. The first-order chi connectivity index (χ1) is 12.4. The van der Waals surface area contributed by atoms with Gasteiger partial charge in [0.15, 0.2) is 5.13 Å². The number of hydrogen-bond acceptors (Lipinski definition) is 9. The first kappa shape index (κ1) is 17.9. The molecule has 0 aliphatic carbocycles. The Morgan fingerprint density at radius 1 is 1.58 bits per heavy atom. The standard InChI is InChI=1S/C14H13N5O5S2/c1-2-6-4-25-12-9(11(21)19(12)10(6)13(22)23)17-7(20)3-16-24-8-5-26-14(15)18-8/h2-3,5,9,12H,1,4H2,(H2,15,18)(H,17,20)(H,22,23)/t9?,12-/m0/s1. The molecular formula is C14H13N5O5S2. The second kappa shape index (κ2) is 7.17. The SMILES string of the molecule is C=CC1=C(C(=O)O)N2C(=O)C(NC(=O)C=NOc3csc(N)n3)[C@@H]2SC1. The van der Waals surface area contributed by atoms with Gasteiger partial charge in [-0.3, -0.25) is 14.5 Å². The highest BCUT2D eigenvalue weighted by Crippen LogP contribution is 2.40. The largest absolute Gasteiger partial charge is 0.477 e. The number of nitrogens with one attached hydrogen (secondary N) is 1. The van der Waals surface area contributed by atoms with Gasteiger partial charge in [-0.15, -0.1) is 23.1 Å². The molecule has 2 aliphatic rings. The molecule has 1 aromatic rings. The van der Waals surface area contributed by atoms with Gasteiger partial charge in [-0.1, -0.05) is 17.8 Å². The van der Waals surface area contributed by atoms with Crippen molar-refractivity contribution in [1.29, 1.82) is 0 Å². The Kier molecular flexibility index (Phi) is 4.95. The number of thiazole rings is 1. The number of anilines is 1. The Morgan fingerprint density at radius 2 is 2.35 bits per heavy atom. The van der Waals surface area contributed by atoms with Crippen molar-refractivity contribution in [3.05, 3.63) is 29.3 Å². The van der Waals surface area contributed by atoms with Crippen LogP contribution in [0.3, 0.4) is 0 Å². The van der Waals surface area contributed by atoms with E-state index >= 15 is 0 Å². The molecule has 26 heavy (non-hydrogen) atoms. The quantitative estimate of drug-likeness (QED) is 0.347. The fraction of sp³-hybridized carbons (Fsp3) is 0.214. The molecule has 0 bridgehead atoms. The molecule has 0 spiro atoms. The molecule has 3 rings (SSSR count). The normalized spacial score (nSPS) is 22.0. The van der Waals surface area contributed by atoms with Crippen LogP contribution in [0.2, 0.25) is 0 Å². The van der Waals surface area contributed by atoms with Gasteiger partial charge >= 0.3 is 5.97 Å². The summed E-state index contributed by atoms with van der Waals surface area (Å²) in [5.74, 6) is -1.83. The van der Waals surface area contributed by atoms with Gasteiger partial charge < -0.3 is 21.0 Å².